The highest BCUT2D eigenvalue weighted by Crippen LogP contribution is 2.20. The minimum absolute atomic E-state index is 0.00774. The Labute approximate surface area is 154 Å². The van der Waals surface area contributed by atoms with Crippen molar-refractivity contribution in [2.45, 2.75) is 13.5 Å². The minimum Gasteiger partial charge on any atom is -0.452 e. The van der Waals surface area contributed by atoms with Crippen LogP contribution >= 0.6 is 22.9 Å². The number of aryl methyl sites for hydroxylation is 1. The Bertz CT molecular complexity index is 783. The number of carbonyl (C=O) groups excluding carboxylic acids is 2. The first-order valence-corrected chi connectivity index (χ1v) is 8.64. The van der Waals surface area contributed by atoms with Crippen LogP contribution in [0.25, 0.3) is 6.08 Å². The van der Waals surface area contributed by atoms with Crippen molar-refractivity contribution in [1.29, 1.82) is 0 Å². The lowest BCUT2D eigenvalue weighted by atomic mass is 10.2. The third kappa shape index (κ3) is 5.69. The molecule has 1 aromatic carbocycles. The maximum atomic E-state index is 13.7. The number of halogens is 2. The molecule has 0 bridgehead atoms. The number of amides is 1. The smallest absolute Gasteiger partial charge is 0.331 e. The van der Waals surface area contributed by atoms with E-state index in [2.05, 4.69) is 0 Å². The van der Waals surface area contributed by atoms with E-state index in [1.54, 1.807) is 23.5 Å². The SMILES string of the molecule is Cc1ccc(/C=C/C(=O)OCC(=O)N(C)Cc2c(F)cccc2Cl)s1. The molecule has 0 spiro atoms. The Morgan fingerprint density at radius 1 is 1.32 bits per heavy atom. The molecule has 0 saturated carbocycles. The van der Waals surface area contributed by atoms with Crippen molar-refractivity contribution in [3.05, 3.63) is 62.6 Å². The quantitative estimate of drug-likeness (QED) is 0.560. The fraction of sp³-hybridized carbons (Fsp3) is 0.222. The molecule has 1 aromatic heterocycles. The van der Waals surface area contributed by atoms with Crippen molar-refractivity contribution in [1.82, 2.24) is 4.90 Å². The normalized spacial score (nSPS) is 10.9. The molecule has 2 aromatic rings. The fourth-order valence-corrected chi connectivity index (χ4v) is 3.00. The van der Waals surface area contributed by atoms with E-state index < -0.39 is 24.3 Å². The molecule has 4 nitrogen and oxygen atoms in total. The molecule has 1 heterocycles. The Morgan fingerprint density at radius 3 is 2.72 bits per heavy atom. The van der Waals surface area contributed by atoms with Gasteiger partial charge in [0.15, 0.2) is 6.61 Å². The highest BCUT2D eigenvalue weighted by Gasteiger charge is 2.15. The van der Waals surface area contributed by atoms with E-state index in [4.69, 9.17) is 16.3 Å². The van der Waals surface area contributed by atoms with Gasteiger partial charge in [0.05, 0.1) is 0 Å². The summed E-state index contributed by atoms with van der Waals surface area (Å²) in [7, 11) is 1.49. The number of hydrogen-bond donors (Lipinski definition) is 0. The Balaban J connectivity index is 1.84. The summed E-state index contributed by atoms with van der Waals surface area (Å²) in [5.41, 5.74) is 0.222. The number of esters is 1. The Hall–Kier alpha value is -2.18. The molecule has 0 aliphatic heterocycles. The predicted molar refractivity (Wildman–Crippen MR) is 96.9 cm³/mol. The highest BCUT2D eigenvalue weighted by atomic mass is 35.5. The van der Waals surface area contributed by atoms with Crippen LogP contribution in [0.1, 0.15) is 15.3 Å². The zero-order valence-corrected chi connectivity index (χ0v) is 15.4. The summed E-state index contributed by atoms with van der Waals surface area (Å²) in [6.45, 7) is 1.54. The van der Waals surface area contributed by atoms with Gasteiger partial charge in [0.1, 0.15) is 5.82 Å². The first-order chi connectivity index (χ1) is 11.9. The molecule has 0 unspecified atom stereocenters. The maximum absolute atomic E-state index is 13.7. The first kappa shape index (κ1) is 19.1. The highest BCUT2D eigenvalue weighted by molar-refractivity contribution is 7.12. The molecule has 25 heavy (non-hydrogen) atoms. The van der Waals surface area contributed by atoms with E-state index in [1.165, 1.54) is 30.2 Å². The average molecular weight is 382 g/mol. The summed E-state index contributed by atoms with van der Waals surface area (Å²) in [5, 5.41) is 0.241. The van der Waals surface area contributed by atoms with Crippen LogP contribution in [0.5, 0.6) is 0 Å². The van der Waals surface area contributed by atoms with Crippen LogP contribution in [0.3, 0.4) is 0 Å². The van der Waals surface area contributed by atoms with E-state index in [-0.39, 0.29) is 17.1 Å². The number of ether oxygens (including phenoxy) is 1. The van der Waals surface area contributed by atoms with E-state index in [9.17, 15) is 14.0 Å². The lowest BCUT2D eigenvalue weighted by Gasteiger charge is -2.18. The number of likely N-dealkylation sites (N-methyl/N-ethyl adjacent to an activating group) is 1. The van der Waals surface area contributed by atoms with Gasteiger partial charge in [-0.3, -0.25) is 4.79 Å². The molecule has 0 atom stereocenters. The summed E-state index contributed by atoms with van der Waals surface area (Å²) >= 11 is 7.48. The molecule has 0 aliphatic carbocycles. The van der Waals surface area contributed by atoms with Gasteiger partial charge < -0.3 is 9.64 Å². The lowest BCUT2D eigenvalue weighted by molar-refractivity contribution is -0.147. The summed E-state index contributed by atoms with van der Waals surface area (Å²) in [6, 6.07) is 8.15. The van der Waals surface area contributed by atoms with E-state index in [0.717, 1.165) is 9.75 Å². The molecular weight excluding hydrogens is 365 g/mol. The van der Waals surface area contributed by atoms with Crippen LogP contribution in [0.2, 0.25) is 5.02 Å². The zero-order valence-electron chi connectivity index (χ0n) is 13.8. The van der Waals surface area contributed by atoms with Crippen LogP contribution in [0.4, 0.5) is 4.39 Å². The van der Waals surface area contributed by atoms with Gasteiger partial charge in [-0.2, -0.15) is 0 Å². The third-order valence-corrected chi connectivity index (χ3v) is 4.69. The number of thiophene rings is 1. The van der Waals surface area contributed by atoms with Crippen molar-refractivity contribution in [3.63, 3.8) is 0 Å². The second-order valence-corrected chi connectivity index (χ2v) is 7.07. The Kier molecular flexibility index (Phi) is 6.73. The monoisotopic (exact) mass is 381 g/mol. The van der Waals surface area contributed by atoms with Crippen LogP contribution in [0.15, 0.2) is 36.4 Å². The fourth-order valence-electron chi connectivity index (χ4n) is 1.99. The molecule has 2 rings (SSSR count). The second-order valence-electron chi connectivity index (χ2n) is 5.34. The Morgan fingerprint density at radius 2 is 2.08 bits per heavy atom. The molecular formula is C18H17ClFNO3S. The van der Waals surface area contributed by atoms with Crippen molar-refractivity contribution in [2.75, 3.05) is 13.7 Å². The molecule has 0 fully saturated rings. The topological polar surface area (TPSA) is 46.6 Å². The molecule has 0 radical (unpaired) electrons. The van der Waals surface area contributed by atoms with Crippen LogP contribution in [-0.2, 0) is 20.9 Å². The van der Waals surface area contributed by atoms with E-state index in [0.29, 0.717) is 0 Å². The van der Waals surface area contributed by atoms with Gasteiger partial charge in [-0.1, -0.05) is 17.7 Å². The minimum atomic E-state index is -0.614. The van der Waals surface area contributed by atoms with Crippen molar-refractivity contribution in [3.8, 4) is 0 Å². The molecule has 132 valence electrons. The standard InChI is InChI=1S/C18H17ClFNO3S/c1-12-6-7-13(25-12)8-9-18(23)24-11-17(22)21(2)10-14-15(19)4-3-5-16(14)20/h3-9H,10-11H2,1-2H3/b9-8+. The van der Waals surface area contributed by atoms with Crippen LogP contribution in [0, 0.1) is 12.7 Å². The molecule has 1 amide bonds. The lowest BCUT2D eigenvalue weighted by Crippen LogP contribution is -2.31. The number of benzene rings is 1. The number of hydrogen-bond acceptors (Lipinski definition) is 4. The van der Waals surface area contributed by atoms with Gasteiger partial charge in [0, 0.05) is 40.0 Å². The number of nitrogens with zero attached hydrogens (tertiary/aromatic N) is 1. The number of rotatable bonds is 6. The van der Waals surface area contributed by atoms with E-state index >= 15 is 0 Å². The van der Waals surface area contributed by atoms with Gasteiger partial charge in [-0.05, 0) is 37.3 Å². The molecule has 0 saturated heterocycles. The number of carbonyl (C=O) groups is 2. The van der Waals surface area contributed by atoms with Gasteiger partial charge in [-0.15, -0.1) is 11.3 Å². The van der Waals surface area contributed by atoms with Crippen molar-refractivity contribution in [2.24, 2.45) is 0 Å². The average Bonchev–Trinajstić information content (AvgIpc) is 2.99. The molecule has 0 N–H and O–H groups in total. The molecule has 0 aliphatic rings. The molecule has 7 heteroatoms. The maximum Gasteiger partial charge on any atom is 0.331 e. The summed E-state index contributed by atoms with van der Waals surface area (Å²) < 4.78 is 18.6. The summed E-state index contributed by atoms with van der Waals surface area (Å²) in [6.07, 6.45) is 2.90. The van der Waals surface area contributed by atoms with Crippen LogP contribution in [-0.4, -0.2) is 30.4 Å². The van der Waals surface area contributed by atoms with E-state index in [1.807, 2.05) is 19.1 Å². The van der Waals surface area contributed by atoms with Gasteiger partial charge in [-0.25, -0.2) is 9.18 Å². The zero-order chi connectivity index (χ0) is 18.4. The largest absolute Gasteiger partial charge is 0.452 e. The van der Waals surface area contributed by atoms with Crippen LogP contribution < -0.4 is 0 Å². The van der Waals surface area contributed by atoms with Gasteiger partial charge in [0.2, 0.25) is 0 Å². The van der Waals surface area contributed by atoms with Crippen molar-refractivity contribution < 1.29 is 18.7 Å². The predicted octanol–water partition coefficient (Wildman–Crippen LogP) is 4.06. The second kappa shape index (κ2) is 8.78. The van der Waals surface area contributed by atoms with Gasteiger partial charge >= 0.3 is 5.97 Å². The third-order valence-electron chi connectivity index (χ3n) is 3.37. The first-order valence-electron chi connectivity index (χ1n) is 7.45. The van der Waals surface area contributed by atoms with Crippen molar-refractivity contribution >= 4 is 40.9 Å². The summed E-state index contributed by atoms with van der Waals surface area (Å²) in [4.78, 5) is 27.0. The van der Waals surface area contributed by atoms with Gasteiger partial charge in [0.25, 0.3) is 5.91 Å². The summed E-state index contributed by atoms with van der Waals surface area (Å²) in [5.74, 6) is -1.55.